The van der Waals surface area contributed by atoms with Gasteiger partial charge in [-0.2, -0.15) is 0 Å². The Bertz CT molecular complexity index is 805. The molecule has 0 aliphatic carbocycles. The number of nitrogens with zero attached hydrogens (tertiary/aromatic N) is 4. The summed E-state index contributed by atoms with van der Waals surface area (Å²) in [6.45, 7) is 11.3. The minimum atomic E-state index is -0.599. The first kappa shape index (κ1) is 24.0. The summed E-state index contributed by atoms with van der Waals surface area (Å²) in [5.41, 5.74) is 1.28. The van der Waals surface area contributed by atoms with E-state index >= 15 is 0 Å². The highest BCUT2D eigenvalue weighted by Crippen LogP contribution is 2.17. The molecule has 0 amide bonds. The number of hydrogen-bond acceptors (Lipinski definition) is 3. The molecule has 2 N–H and O–H groups in total. The van der Waals surface area contributed by atoms with Crippen LogP contribution in [0.25, 0.3) is 0 Å². The minimum absolute atomic E-state index is 0. The van der Waals surface area contributed by atoms with Crippen LogP contribution in [0.2, 0.25) is 0 Å². The van der Waals surface area contributed by atoms with Gasteiger partial charge in [0, 0.05) is 31.1 Å². The van der Waals surface area contributed by atoms with Crippen LogP contribution in [0.4, 0.5) is 8.78 Å². The molecule has 0 saturated carbocycles. The van der Waals surface area contributed by atoms with E-state index in [1.54, 1.807) is 13.3 Å². The van der Waals surface area contributed by atoms with Gasteiger partial charge in [0.25, 0.3) is 0 Å². The van der Waals surface area contributed by atoms with Crippen LogP contribution in [0.15, 0.2) is 41.7 Å². The number of aromatic nitrogens is 3. The van der Waals surface area contributed by atoms with Crippen LogP contribution >= 0.6 is 24.0 Å². The Balaban J connectivity index is 0.00000392. The lowest BCUT2D eigenvalue weighted by molar-refractivity contribution is 0.549. The average Bonchev–Trinajstić information content (AvgIpc) is 3.06. The molecule has 0 fully saturated rings. The zero-order valence-corrected chi connectivity index (χ0v) is 18.7. The number of aryl methyl sites for hydroxylation is 1. The summed E-state index contributed by atoms with van der Waals surface area (Å²) in [7, 11) is 0. The van der Waals surface area contributed by atoms with E-state index in [1.807, 2.05) is 18.4 Å². The maximum atomic E-state index is 14.0. The molecule has 1 atom stereocenters. The zero-order chi connectivity index (χ0) is 19.8. The number of aliphatic imine (C=N–C) groups is 1. The van der Waals surface area contributed by atoms with E-state index in [2.05, 4.69) is 32.4 Å². The molecule has 0 radical (unpaired) electrons. The van der Waals surface area contributed by atoms with Crippen LogP contribution < -0.4 is 10.6 Å². The van der Waals surface area contributed by atoms with Crippen molar-refractivity contribution in [1.29, 1.82) is 0 Å². The Morgan fingerprint density at radius 2 is 2.11 bits per heavy atom. The second-order valence-electron chi connectivity index (χ2n) is 6.37. The van der Waals surface area contributed by atoms with Crippen LogP contribution in [0, 0.1) is 11.6 Å². The van der Waals surface area contributed by atoms with Gasteiger partial charge in [-0.05, 0) is 19.9 Å². The third-order valence-corrected chi connectivity index (χ3v) is 3.95. The van der Waals surface area contributed by atoms with Crippen molar-refractivity contribution in [2.45, 2.75) is 39.8 Å². The van der Waals surface area contributed by atoms with Crippen molar-refractivity contribution in [3.63, 3.8) is 0 Å². The van der Waals surface area contributed by atoms with Crippen molar-refractivity contribution in [2.24, 2.45) is 4.99 Å². The summed E-state index contributed by atoms with van der Waals surface area (Å²) in [6.07, 6.45) is 2.49. The van der Waals surface area contributed by atoms with Gasteiger partial charge < -0.3 is 15.2 Å². The number of hydrogen-bond donors (Lipinski definition) is 2. The van der Waals surface area contributed by atoms with Crippen LogP contribution in [0.5, 0.6) is 0 Å². The highest BCUT2D eigenvalue weighted by molar-refractivity contribution is 14.0. The summed E-state index contributed by atoms with van der Waals surface area (Å²) in [5, 5.41) is 14.3. The van der Waals surface area contributed by atoms with Crippen LogP contribution in [-0.4, -0.2) is 33.8 Å². The largest absolute Gasteiger partial charge is 0.355 e. The monoisotopic (exact) mass is 504 g/mol. The van der Waals surface area contributed by atoms with E-state index in [1.165, 1.54) is 12.1 Å². The lowest BCUT2D eigenvalue weighted by Crippen LogP contribution is -2.40. The number of nitrogens with one attached hydrogen (secondary N) is 2. The van der Waals surface area contributed by atoms with E-state index in [4.69, 9.17) is 0 Å². The quantitative estimate of drug-likeness (QED) is 0.250. The van der Waals surface area contributed by atoms with Gasteiger partial charge in [0.2, 0.25) is 0 Å². The Hall–Kier alpha value is -2.04. The van der Waals surface area contributed by atoms with Crippen molar-refractivity contribution < 1.29 is 8.78 Å². The first-order chi connectivity index (χ1) is 12.9. The summed E-state index contributed by atoms with van der Waals surface area (Å²) >= 11 is 0. The van der Waals surface area contributed by atoms with Gasteiger partial charge in [0.05, 0.1) is 12.6 Å². The molecule has 154 valence electrons. The molecule has 1 heterocycles. The summed E-state index contributed by atoms with van der Waals surface area (Å²) in [6, 6.07) is 3.17. The molecular formula is C19H27F2IN6. The smallest absolute Gasteiger partial charge is 0.192 e. The first-order valence-electron chi connectivity index (χ1n) is 8.91. The van der Waals surface area contributed by atoms with E-state index in [0.717, 1.165) is 23.9 Å². The lowest BCUT2D eigenvalue weighted by atomic mass is 10.1. The first-order valence-corrected chi connectivity index (χ1v) is 8.91. The van der Waals surface area contributed by atoms with E-state index in [0.29, 0.717) is 31.2 Å². The fraction of sp³-hybridized carbons (Fsp3) is 0.421. The molecular weight excluding hydrogens is 477 g/mol. The van der Waals surface area contributed by atoms with Crippen molar-refractivity contribution in [3.8, 4) is 0 Å². The molecule has 1 unspecified atom stereocenters. The Morgan fingerprint density at radius 1 is 1.36 bits per heavy atom. The van der Waals surface area contributed by atoms with Gasteiger partial charge in [-0.25, -0.2) is 13.8 Å². The van der Waals surface area contributed by atoms with Gasteiger partial charge >= 0.3 is 0 Å². The van der Waals surface area contributed by atoms with E-state index in [9.17, 15) is 8.78 Å². The zero-order valence-electron chi connectivity index (χ0n) is 16.4. The average molecular weight is 504 g/mol. The summed E-state index contributed by atoms with van der Waals surface area (Å²) in [5.74, 6) is 0.247. The molecule has 1 aromatic carbocycles. The molecule has 0 bridgehead atoms. The molecule has 0 aliphatic heterocycles. The Kier molecular flexibility index (Phi) is 10.0. The van der Waals surface area contributed by atoms with Crippen molar-refractivity contribution in [2.75, 3.05) is 13.1 Å². The number of rotatable bonds is 8. The summed E-state index contributed by atoms with van der Waals surface area (Å²) < 4.78 is 29.1. The SMILES string of the molecule is C=C(C)CN=C(NCCn1cnnc1CC)NC(C)c1ccc(F)cc1F.I. The molecule has 6 nitrogen and oxygen atoms in total. The fourth-order valence-electron chi connectivity index (χ4n) is 2.54. The van der Waals surface area contributed by atoms with Gasteiger partial charge in [0.1, 0.15) is 23.8 Å². The third kappa shape index (κ3) is 7.17. The Morgan fingerprint density at radius 3 is 2.75 bits per heavy atom. The molecule has 28 heavy (non-hydrogen) atoms. The maximum Gasteiger partial charge on any atom is 0.192 e. The third-order valence-electron chi connectivity index (χ3n) is 3.95. The van der Waals surface area contributed by atoms with Crippen molar-refractivity contribution in [1.82, 2.24) is 25.4 Å². The van der Waals surface area contributed by atoms with Gasteiger partial charge in [-0.1, -0.05) is 25.1 Å². The van der Waals surface area contributed by atoms with Crippen molar-refractivity contribution in [3.05, 3.63) is 59.7 Å². The van der Waals surface area contributed by atoms with Gasteiger partial charge in [0.15, 0.2) is 5.96 Å². The number of guanidine groups is 1. The second kappa shape index (κ2) is 11.7. The molecule has 1 aromatic heterocycles. The number of benzene rings is 1. The Labute approximate surface area is 181 Å². The van der Waals surface area contributed by atoms with E-state index in [-0.39, 0.29) is 30.0 Å². The fourth-order valence-corrected chi connectivity index (χ4v) is 2.54. The lowest BCUT2D eigenvalue weighted by Gasteiger charge is -2.19. The van der Waals surface area contributed by atoms with Gasteiger partial charge in [-0.3, -0.25) is 0 Å². The summed E-state index contributed by atoms with van der Waals surface area (Å²) in [4.78, 5) is 4.46. The topological polar surface area (TPSA) is 67.1 Å². The van der Waals surface area contributed by atoms with Crippen LogP contribution in [-0.2, 0) is 13.0 Å². The van der Waals surface area contributed by atoms with Crippen LogP contribution in [0.3, 0.4) is 0 Å². The van der Waals surface area contributed by atoms with Crippen molar-refractivity contribution >= 4 is 29.9 Å². The predicted octanol–water partition coefficient (Wildman–Crippen LogP) is 3.61. The molecule has 0 saturated heterocycles. The van der Waals surface area contributed by atoms with Crippen LogP contribution in [0.1, 0.15) is 38.2 Å². The standard InChI is InChI=1S/C19H26F2N6.HI/c1-5-18-26-24-12-27(18)9-8-22-19(23-11-13(2)3)25-14(4)16-7-6-15(20)10-17(16)21;/h6-7,10,12,14H,2,5,8-9,11H2,1,3-4H3,(H2,22,23,25);1H. The second-order valence-corrected chi connectivity index (χ2v) is 6.37. The highest BCUT2D eigenvalue weighted by Gasteiger charge is 2.13. The van der Waals surface area contributed by atoms with E-state index < -0.39 is 11.6 Å². The highest BCUT2D eigenvalue weighted by atomic mass is 127. The maximum absolute atomic E-state index is 14.0. The minimum Gasteiger partial charge on any atom is -0.355 e. The molecule has 2 rings (SSSR count). The number of halogens is 3. The predicted molar refractivity (Wildman–Crippen MR) is 118 cm³/mol. The molecule has 0 spiro atoms. The molecule has 9 heteroatoms. The van der Waals surface area contributed by atoms with Gasteiger partial charge in [-0.15, -0.1) is 34.2 Å². The molecule has 2 aromatic rings. The molecule has 0 aliphatic rings. The normalized spacial score (nSPS) is 12.2.